The molecule has 3 atom stereocenters. The van der Waals surface area contributed by atoms with Crippen LogP contribution in [-0.2, 0) is 22.3 Å². The Balaban J connectivity index is 1.20. The summed E-state index contributed by atoms with van der Waals surface area (Å²) in [6, 6.07) is 4.61. The fraction of sp³-hybridized carbons (Fsp3) is 0.657. The van der Waals surface area contributed by atoms with E-state index in [0.717, 1.165) is 90.7 Å². The van der Waals surface area contributed by atoms with Crippen molar-refractivity contribution < 1.29 is 14.3 Å². The number of carbonyl (C=O) groups excluding carboxylic acids is 1. The third kappa shape index (κ3) is 6.38. The second kappa shape index (κ2) is 12.7. The molecule has 11 nitrogen and oxygen atoms in total. The molecule has 0 saturated carbocycles. The maximum Gasteiger partial charge on any atom is 0.410 e. The third-order valence-electron chi connectivity index (χ3n) is 10.4. The molecule has 3 aromatic rings. The van der Waals surface area contributed by atoms with E-state index in [9.17, 15) is 4.79 Å². The molecule has 0 spiro atoms. The molecule has 1 unspecified atom stereocenters. The molecule has 12 heteroatoms. The number of hydrogen-bond donors (Lipinski definition) is 0. The molecular formula is C35H49ClN8O3. The second-order valence-electron chi connectivity index (χ2n) is 15.0. The first kappa shape index (κ1) is 32.4. The first-order chi connectivity index (χ1) is 22.5. The molecule has 254 valence electrons. The lowest BCUT2D eigenvalue weighted by Crippen LogP contribution is -2.58. The number of fused-ring (bicyclic) bond motifs is 2. The van der Waals surface area contributed by atoms with Gasteiger partial charge in [-0.2, -0.15) is 10.1 Å². The molecule has 1 aromatic carbocycles. The van der Waals surface area contributed by atoms with Crippen molar-refractivity contribution in [3.63, 3.8) is 0 Å². The predicted octanol–water partition coefficient (Wildman–Crippen LogP) is 5.50. The minimum atomic E-state index is -0.515. The fourth-order valence-electron chi connectivity index (χ4n) is 7.56. The quantitative estimate of drug-likeness (QED) is 0.350. The SMILES string of the molecule is C[C@@H]1Cc2c(nc(N3CC(N(C)C)C3)nc2N2CCN(C(=O)OC(C)(C)C)CC2)C[C@H]1c1c(Cl)ccc2c1cnn2C1CCCCO1. The molecule has 2 aromatic heterocycles. The average molecular weight is 665 g/mol. The molecule has 3 aliphatic heterocycles. The summed E-state index contributed by atoms with van der Waals surface area (Å²) in [5.74, 6) is 2.32. The molecule has 0 radical (unpaired) electrons. The predicted molar refractivity (Wildman–Crippen MR) is 185 cm³/mol. The van der Waals surface area contributed by atoms with Gasteiger partial charge in [0.05, 0.1) is 17.4 Å². The van der Waals surface area contributed by atoms with Crippen LogP contribution in [0.3, 0.4) is 0 Å². The van der Waals surface area contributed by atoms with Gasteiger partial charge in [-0.1, -0.05) is 18.5 Å². The highest BCUT2D eigenvalue weighted by molar-refractivity contribution is 6.32. The van der Waals surface area contributed by atoms with E-state index in [1.807, 2.05) is 37.9 Å². The van der Waals surface area contributed by atoms with Gasteiger partial charge in [0.25, 0.3) is 0 Å². The number of halogens is 1. The Kier molecular flexibility index (Phi) is 8.76. The number of aromatic nitrogens is 4. The summed E-state index contributed by atoms with van der Waals surface area (Å²) >= 11 is 7.05. The van der Waals surface area contributed by atoms with Crippen molar-refractivity contribution in [2.45, 2.75) is 83.6 Å². The van der Waals surface area contributed by atoms with Crippen molar-refractivity contribution >= 4 is 40.4 Å². The number of ether oxygens (including phenoxy) is 2. The lowest BCUT2D eigenvalue weighted by atomic mass is 9.74. The van der Waals surface area contributed by atoms with E-state index >= 15 is 0 Å². The number of anilines is 2. The van der Waals surface area contributed by atoms with Crippen LogP contribution in [0.2, 0.25) is 5.02 Å². The molecule has 0 N–H and O–H groups in total. The van der Waals surface area contributed by atoms with E-state index in [0.29, 0.717) is 38.1 Å². The number of rotatable bonds is 5. The Morgan fingerprint density at radius 2 is 1.81 bits per heavy atom. The van der Waals surface area contributed by atoms with Crippen LogP contribution in [0.1, 0.15) is 75.9 Å². The van der Waals surface area contributed by atoms with Gasteiger partial charge in [0.1, 0.15) is 11.4 Å². The van der Waals surface area contributed by atoms with Crippen molar-refractivity contribution in [2.24, 2.45) is 5.92 Å². The van der Waals surface area contributed by atoms with Crippen LogP contribution < -0.4 is 9.80 Å². The van der Waals surface area contributed by atoms with Gasteiger partial charge >= 0.3 is 6.09 Å². The Bertz CT molecular complexity index is 1620. The monoisotopic (exact) mass is 664 g/mol. The van der Waals surface area contributed by atoms with Gasteiger partial charge in [-0.25, -0.2) is 14.5 Å². The molecule has 3 saturated heterocycles. The maximum absolute atomic E-state index is 12.8. The van der Waals surface area contributed by atoms with Crippen LogP contribution in [0.25, 0.3) is 10.9 Å². The van der Waals surface area contributed by atoms with Crippen LogP contribution >= 0.6 is 11.6 Å². The molecule has 1 amide bonds. The average Bonchev–Trinajstić information content (AvgIpc) is 3.44. The Morgan fingerprint density at radius 1 is 1.04 bits per heavy atom. The van der Waals surface area contributed by atoms with E-state index in [2.05, 4.69) is 46.5 Å². The van der Waals surface area contributed by atoms with E-state index in [1.165, 1.54) is 5.56 Å². The van der Waals surface area contributed by atoms with Crippen LogP contribution in [0.15, 0.2) is 18.3 Å². The van der Waals surface area contributed by atoms with Crippen molar-refractivity contribution in [1.82, 2.24) is 29.5 Å². The summed E-state index contributed by atoms with van der Waals surface area (Å²) in [6.45, 7) is 13.2. The number of nitrogens with zero attached hydrogens (tertiary/aromatic N) is 8. The van der Waals surface area contributed by atoms with Crippen LogP contribution in [0.5, 0.6) is 0 Å². The van der Waals surface area contributed by atoms with Gasteiger partial charge in [-0.05, 0) is 96.5 Å². The number of piperazine rings is 1. The Morgan fingerprint density at radius 3 is 2.49 bits per heavy atom. The van der Waals surface area contributed by atoms with Crippen LogP contribution in [0.4, 0.5) is 16.6 Å². The summed E-state index contributed by atoms with van der Waals surface area (Å²) in [6.07, 6.45) is 6.57. The summed E-state index contributed by atoms with van der Waals surface area (Å²) < 4.78 is 13.8. The third-order valence-corrected chi connectivity index (χ3v) is 10.7. The summed E-state index contributed by atoms with van der Waals surface area (Å²) in [5, 5.41) is 6.72. The lowest BCUT2D eigenvalue weighted by molar-refractivity contribution is -0.0366. The Labute approximate surface area is 283 Å². The van der Waals surface area contributed by atoms with Crippen molar-refractivity contribution in [3.8, 4) is 0 Å². The van der Waals surface area contributed by atoms with Crippen molar-refractivity contribution in [3.05, 3.63) is 40.2 Å². The molecule has 5 heterocycles. The van der Waals surface area contributed by atoms with Crippen LogP contribution in [0, 0.1) is 5.92 Å². The molecule has 7 rings (SSSR count). The highest BCUT2D eigenvalue weighted by Gasteiger charge is 2.38. The van der Waals surface area contributed by atoms with Crippen molar-refractivity contribution in [1.29, 1.82) is 0 Å². The highest BCUT2D eigenvalue weighted by atomic mass is 35.5. The minimum absolute atomic E-state index is 0.0315. The van der Waals surface area contributed by atoms with Crippen LogP contribution in [-0.4, -0.2) is 107 Å². The maximum atomic E-state index is 12.8. The number of hydrogen-bond acceptors (Lipinski definition) is 9. The lowest BCUT2D eigenvalue weighted by Gasteiger charge is -2.44. The largest absolute Gasteiger partial charge is 0.444 e. The normalized spacial score (nSPS) is 24.1. The summed E-state index contributed by atoms with van der Waals surface area (Å²) in [4.78, 5) is 32.1. The van der Waals surface area contributed by atoms with E-state index in [1.54, 1.807) is 0 Å². The second-order valence-corrected chi connectivity index (χ2v) is 15.5. The number of benzene rings is 1. The van der Waals surface area contributed by atoms with Crippen molar-refractivity contribution in [2.75, 3.05) is 69.8 Å². The zero-order chi connectivity index (χ0) is 33.0. The fourth-order valence-corrected chi connectivity index (χ4v) is 7.86. The van der Waals surface area contributed by atoms with Gasteiger partial charge in [0.15, 0.2) is 6.23 Å². The minimum Gasteiger partial charge on any atom is -0.444 e. The Hall–Kier alpha value is -3.15. The van der Waals surface area contributed by atoms with Gasteiger partial charge in [-0.15, -0.1) is 0 Å². The molecule has 1 aliphatic carbocycles. The molecular weight excluding hydrogens is 616 g/mol. The van der Waals surface area contributed by atoms with Gasteiger partial charge in [0, 0.05) is 67.9 Å². The number of amides is 1. The van der Waals surface area contributed by atoms with Gasteiger partial charge in [-0.3, -0.25) is 0 Å². The summed E-state index contributed by atoms with van der Waals surface area (Å²) in [7, 11) is 4.26. The molecule has 4 aliphatic rings. The van der Waals surface area contributed by atoms with E-state index in [-0.39, 0.29) is 18.2 Å². The highest BCUT2D eigenvalue weighted by Crippen LogP contribution is 2.45. The van der Waals surface area contributed by atoms with E-state index in [4.69, 9.17) is 36.1 Å². The number of likely N-dealkylation sites (N-methyl/N-ethyl adjacent to an activating group) is 1. The zero-order valence-electron chi connectivity index (χ0n) is 28.7. The molecule has 47 heavy (non-hydrogen) atoms. The topological polar surface area (TPSA) is 92.1 Å². The van der Waals surface area contributed by atoms with Gasteiger partial charge in [0.2, 0.25) is 5.95 Å². The zero-order valence-corrected chi connectivity index (χ0v) is 29.5. The first-order valence-corrected chi connectivity index (χ1v) is 17.7. The molecule has 3 fully saturated rings. The molecule has 0 bridgehead atoms. The standard InChI is InChI=1S/C35H49ClN8O3/c1-22-17-25-28(18-24(22)31-26-19-37-44(29(26)11-10-27(31)36)30-9-7-8-16-46-30)38-33(43-20-23(21-43)40(5)6)39-32(25)41-12-14-42(15-13-41)34(45)47-35(2,3)4/h10-11,19,22-24,30H,7-9,12-18,20-21H2,1-6H3/t22-,24-,30?/m1/s1. The summed E-state index contributed by atoms with van der Waals surface area (Å²) in [5.41, 5.74) is 4.05. The van der Waals surface area contributed by atoms with Gasteiger partial charge < -0.3 is 29.1 Å². The number of carbonyl (C=O) groups is 1. The smallest absolute Gasteiger partial charge is 0.410 e. The van der Waals surface area contributed by atoms with E-state index < -0.39 is 5.60 Å². The first-order valence-electron chi connectivity index (χ1n) is 17.3.